The van der Waals surface area contributed by atoms with Crippen molar-refractivity contribution in [2.24, 2.45) is 0 Å². The molecule has 1 aromatic heterocycles. The summed E-state index contributed by atoms with van der Waals surface area (Å²) in [6, 6.07) is 5.64. The third-order valence-electron chi connectivity index (χ3n) is 4.23. The fourth-order valence-corrected chi connectivity index (χ4v) is 2.95. The van der Waals surface area contributed by atoms with Crippen LogP contribution in [0, 0.1) is 6.92 Å². The van der Waals surface area contributed by atoms with Gasteiger partial charge in [0.15, 0.2) is 5.76 Å². The van der Waals surface area contributed by atoms with Gasteiger partial charge in [0.1, 0.15) is 11.3 Å². The third-order valence-corrected chi connectivity index (χ3v) is 4.23. The third kappa shape index (κ3) is 2.62. The molecule has 1 aliphatic rings. The highest BCUT2D eigenvalue weighted by atomic mass is 16.5. The van der Waals surface area contributed by atoms with Crippen LogP contribution in [-0.4, -0.2) is 31.0 Å². The summed E-state index contributed by atoms with van der Waals surface area (Å²) in [7, 11) is 1.64. The molecule has 112 valence electrons. The van der Waals surface area contributed by atoms with Crippen molar-refractivity contribution in [3.63, 3.8) is 0 Å². The predicted molar refractivity (Wildman–Crippen MR) is 81.9 cm³/mol. The van der Waals surface area contributed by atoms with Gasteiger partial charge in [-0.25, -0.2) is 0 Å². The van der Waals surface area contributed by atoms with Crippen LogP contribution in [0.5, 0.6) is 5.75 Å². The molecule has 0 saturated carbocycles. The number of furan rings is 1. The Bertz CT molecular complexity index is 651. The Kier molecular flexibility index (Phi) is 3.86. The number of aryl methyl sites for hydroxylation is 1. The molecule has 0 unspecified atom stereocenters. The molecule has 1 saturated heterocycles. The molecule has 21 heavy (non-hydrogen) atoms. The van der Waals surface area contributed by atoms with Crippen molar-refractivity contribution in [1.82, 2.24) is 4.90 Å². The maximum Gasteiger partial charge on any atom is 0.289 e. The van der Waals surface area contributed by atoms with Crippen molar-refractivity contribution in [3.8, 4) is 5.75 Å². The van der Waals surface area contributed by atoms with Crippen LogP contribution in [0.15, 0.2) is 22.6 Å². The topological polar surface area (TPSA) is 42.7 Å². The summed E-state index contributed by atoms with van der Waals surface area (Å²) in [4.78, 5) is 14.6. The minimum atomic E-state index is 0.0181. The molecular formula is C17H21NO3. The first kappa shape index (κ1) is 14.0. The largest absolute Gasteiger partial charge is 0.497 e. The van der Waals surface area contributed by atoms with Gasteiger partial charge in [-0.15, -0.1) is 0 Å². The summed E-state index contributed by atoms with van der Waals surface area (Å²) in [5, 5.41) is 0.951. The maximum absolute atomic E-state index is 12.7. The van der Waals surface area contributed by atoms with Crippen LogP contribution in [0.3, 0.4) is 0 Å². The number of ether oxygens (including phenoxy) is 1. The molecule has 1 amide bonds. The van der Waals surface area contributed by atoms with Gasteiger partial charge >= 0.3 is 0 Å². The minimum Gasteiger partial charge on any atom is -0.497 e. The van der Waals surface area contributed by atoms with Crippen molar-refractivity contribution in [3.05, 3.63) is 29.5 Å². The number of nitrogens with zero attached hydrogens (tertiary/aromatic N) is 1. The first-order valence-corrected chi connectivity index (χ1v) is 7.57. The highest BCUT2D eigenvalue weighted by molar-refractivity contribution is 5.99. The Morgan fingerprint density at radius 3 is 2.57 bits per heavy atom. The molecule has 0 spiro atoms. The first-order valence-electron chi connectivity index (χ1n) is 7.57. The molecule has 0 N–H and O–H groups in total. The van der Waals surface area contributed by atoms with Gasteiger partial charge in [0.2, 0.25) is 0 Å². The molecule has 2 aromatic rings. The lowest BCUT2D eigenvalue weighted by Crippen LogP contribution is -2.31. The quantitative estimate of drug-likeness (QED) is 0.844. The molecule has 1 aromatic carbocycles. The van der Waals surface area contributed by atoms with Gasteiger partial charge < -0.3 is 14.1 Å². The summed E-state index contributed by atoms with van der Waals surface area (Å²) in [5.74, 6) is 1.27. The van der Waals surface area contributed by atoms with Crippen molar-refractivity contribution in [2.75, 3.05) is 20.2 Å². The number of rotatable bonds is 2. The van der Waals surface area contributed by atoms with E-state index < -0.39 is 0 Å². The smallest absolute Gasteiger partial charge is 0.289 e. The lowest BCUT2D eigenvalue weighted by atomic mass is 10.1. The number of carbonyl (C=O) groups is 1. The van der Waals surface area contributed by atoms with Crippen LogP contribution >= 0.6 is 0 Å². The lowest BCUT2D eigenvalue weighted by molar-refractivity contribution is 0.0731. The minimum absolute atomic E-state index is 0.0181. The van der Waals surface area contributed by atoms with Crippen LogP contribution in [0.25, 0.3) is 11.0 Å². The second kappa shape index (κ2) is 5.80. The molecule has 1 fully saturated rings. The van der Waals surface area contributed by atoms with E-state index in [1.165, 1.54) is 12.8 Å². The number of carbonyl (C=O) groups excluding carboxylic acids is 1. The molecule has 1 aliphatic heterocycles. The molecule has 3 rings (SSSR count). The highest BCUT2D eigenvalue weighted by Crippen LogP contribution is 2.29. The van der Waals surface area contributed by atoms with E-state index in [0.717, 1.165) is 48.2 Å². The average molecular weight is 287 g/mol. The van der Waals surface area contributed by atoms with Gasteiger partial charge in [0, 0.05) is 24.0 Å². The van der Waals surface area contributed by atoms with Crippen molar-refractivity contribution in [1.29, 1.82) is 0 Å². The van der Waals surface area contributed by atoms with Crippen LogP contribution < -0.4 is 4.74 Å². The van der Waals surface area contributed by atoms with Crippen LogP contribution in [0.1, 0.15) is 41.8 Å². The van der Waals surface area contributed by atoms with Gasteiger partial charge in [-0.2, -0.15) is 0 Å². The predicted octanol–water partition coefficient (Wildman–Crippen LogP) is 3.77. The Labute approximate surface area is 124 Å². The van der Waals surface area contributed by atoms with Crippen LogP contribution in [0.2, 0.25) is 0 Å². The average Bonchev–Trinajstić information content (AvgIpc) is 2.71. The Balaban J connectivity index is 1.95. The summed E-state index contributed by atoms with van der Waals surface area (Å²) in [5.41, 5.74) is 1.64. The van der Waals surface area contributed by atoms with E-state index in [2.05, 4.69) is 0 Å². The van der Waals surface area contributed by atoms with Gasteiger partial charge in [-0.3, -0.25) is 4.79 Å². The fraction of sp³-hybridized carbons (Fsp3) is 0.471. The normalized spacial score (nSPS) is 16.0. The Morgan fingerprint density at radius 1 is 1.19 bits per heavy atom. The summed E-state index contributed by atoms with van der Waals surface area (Å²) in [6.45, 7) is 3.60. The molecule has 0 aliphatic carbocycles. The molecular weight excluding hydrogens is 266 g/mol. The SMILES string of the molecule is COc1ccc2oc(C(=O)N3CCCCCC3)c(C)c2c1. The number of hydrogen-bond acceptors (Lipinski definition) is 3. The van der Waals surface area contributed by atoms with Crippen molar-refractivity contribution < 1.29 is 13.9 Å². The second-order valence-electron chi connectivity index (χ2n) is 5.62. The van der Waals surface area contributed by atoms with Crippen LogP contribution in [0.4, 0.5) is 0 Å². The fourth-order valence-electron chi connectivity index (χ4n) is 2.95. The van der Waals surface area contributed by atoms with E-state index in [1.807, 2.05) is 30.0 Å². The van der Waals surface area contributed by atoms with Crippen molar-refractivity contribution in [2.45, 2.75) is 32.6 Å². The summed E-state index contributed by atoms with van der Waals surface area (Å²) in [6.07, 6.45) is 4.58. The van der Waals surface area contributed by atoms with E-state index in [4.69, 9.17) is 9.15 Å². The molecule has 0 atom stereocenters. The van der Waals surface area contributed by atoms with Gasteiger partial charge in [0.05, 0.1) is 7.11 Å². The Morgan fingerprint density at radius 2 is 1.90 bits per heavy atom. The number of benzene rings is 1. The molecule has 2 heterocycles. The molecule has 4 nitrogen and oxygen atoms in total. The molecule has 0 bridgehead atoms. The van der Waals surface area contributed by atoms with Crippen LogP contribution in [-0.2, 0) is 0 Å². The van der Waals surface area contributed by atoms with E-state index in [1.54, 1.807) is 7.11 Å². The second-order valence-corrected chi connectivity index (χ2v) is 5.62. The standard InChI is InChI=1S/C17H21NO3/c1-12-14-11-13(20-2)7-8-15(14)21-16(12)17(19)18-9-5-3-4-6-10-18/h7-8,11H,3-6,9-10H2,1-2H3. The zero-order valence-electron chi connectivity index (χ0n) is 12.6. The lowest BCUT2D eigenvalue weighted by Gasteiger charge is -2.19. The maximum atomic E-state index is 12.7. The summed E-state index contributed by atoms with van der Waals surface area (Å²) >= 11 is 0. The van der Waals surface area contributed by atoms with E-state index in [0.29, 0.717) is 5.76 Å². The number of likely N-dealkylation sites (tertiary alicyclic amines) is 1. The van der Waals surface area contributed by atoms with E-state index in [9.17, 15) is 4.79 Å². The monoisotopic (exact) mass is 287 g/mol. The first-order chi connectivity index (χ1) is 10.2. The molecule has 4 heteroatoms. The van der Waals surface area contributed by atoms with Crippen molar-refractivity contribution >= 4 is 16.9 Å². The van der Waals surface area contributed by atoms with Gasteiger partial charge in [-0.05, 0) is 38.0 Å². The van der Waals surface area contributed by atoms with E-state index >= 15 is 0 Å². The zero-order valence-corrected chi connectivity index (χ0v) is 12.6. The van der Waals surface area contributed by atoms with Gasteiger partial charge in [0.25, 0.3) is 5.91 Å². The number of methoxy groups -OCH3 is 1. The Hall–Kier alpha value is -1.97. The molecule has 0 radical (unpaired) electrons. The highest BCUT2D eigenvalue weighted by Gasteiger charge is 2.24. The number of amides is 1. The number of hydrogen-bond donors (Lipinski definition) is 0. The summed E-state index contributed by atoms with van der Waals surface area (Å²) < 4.78 is 11.1. The number of fused-ring (bicyclic) bond motifs is 1. The van der Waals surface area contributed by atoms with Gasteiger partial charge in [-0.1, -0.05) is 12.8 Å². The van der Waals surface area contributed by atoms with E-state index in [-0.39, 0.29) is 5.91 Å². The zero-order chi connectivity index (χ0) is 14.8.